The number of hydrogen-bond acceptors (Lipinski definition) is 7. The van der Waals surface area contributed by atoms with Gasteiger partial charge in [-0.2, -0.15) is 0 Å². The summed E-state index contributed by atoms with van der Waals surface area (Å²) in [7, 11) is 6.06. The van der Waals surface area contributed by atoms with Gasteiger partial charge in [-0.3, -0.25) is 9.59 Å². The third-order valence-electron chi connectivity index (χ3n) is 5.53. The van der Waals surface area contributed by atoms with Crippen molar-refractivity contribution >= 4 is 23.5 Å². The number of benzene rings is 2. The Labute approximate surface area is 193 Å². The Hall–Kier alpha value is -3.52. The molecule has 0 aliphatic carbocycles. The van der Waals surface area contributed by atoms with Crippen molar-refractivity contribution in [1.29, 1.82) is 0 Å². The van der Waals surface area contributed by atoms with Crippen LogP contribution < -0.4 is 29.6 Å². The predicted octanol–water partition coefficient (Wildman–Crippen LogP) is 3.70. The quantitative estimate of drug-likeness (QED) is 0.441. The fraction of sp³-hybridized carbons (Fsp3) is 0.360. The molecule has 1 fully saturated rings. The fourth-order valence-corrected chi connectivity index (χ4v) is 3.80. The van der Waals surface area contributed by atoms with Gasteiger partial charge < -0.3 is 29.6 Å². The van der Waals surface area contributed by atoms with Crippen molar-refractivity contribution in [2.24, 2.45) is 0 Å². The normalized spacial score (nSPS) is 15.7. The highest BCUT2D eigenvalue weighted by atomic mass is 16.5. The van der Waals surface area contributed by atoms with E-state index in [-0.39, 0.29) is 17.7 Å². The topological polar surface area (TPSA) is 95.1 Å². The van der Waals surface area contributed by atoms with Crippen molar-refractivity contribution in [3.05, 3.63) is 47.0 Å². The van der Waals surface area contributed by atoms with Crippen LogP contribution in [0.4, 0.5) is 5.69 Å². The van der Waals surface area contributed by atoms with Gasteiger partial charge in [-0.15, -0.1) is 0 Å². The molecule has 33 heavy (non-hydrogen) atoms. The Morgan fingerprint density at radius 1 is 0.970 bits per heavy atom. The first kappa shape index (κ1) is 24.1. The molecule has 1 amide bonds. The summed E-state index contributed by atoms with van der Waals surface area (Å²) in [5.41, 5.74) is 2.22. The second kappa shape index (κ2) is 10.9. The number of Topliss-reactive ketones (excluding diaryl/α,β-unsaturated/α-hetero) is 1. The van der Waals surface area contributed by atoms with Gasteiger partial charge in [0.1, 0.15) is 5.75 Å². The van der Waals surface area contributed by atoms with Crippen molar-refractivity contribution < 1.29 is 28.5 Å². The Bertz CT molecular complexity index is 1030. The van der Waals surface area contributed by atoms with E-state index in [2.05, 4.69) is 10.6 Å². The summed E-state index contributed by atoms with van der Waals surface area (Å²) in [6, 6.07) is 8.41. The number of carbonyl (C=O) groups excluding carboxylic acids is 2. The summed E-state index contributed by atoms with van der Waals surface area (Å²) in [5.74, 6) is 1.49. The number of hydrogen-bond donors (Lipinski definition) is 2. The molecule has 0 saturated carbocycles. The smallest absolute Gasteiger partial charge is 0.241 e. The minimum atomic E-state index is -0.211. The minimum Gasteiger partial charge on any atom is -0.495 e. The van der Waals surface area contributed by atoms with E-state index in [0.717, 1.165) is 24.9 Å². The number of methoxy groups -OCH3 is 4. The zero-order chi connectivity index (χ0) is 24.0. The van der Waals surface area contributed by atoms with Crippen LogP contribution in [-0.2, 0) is 4.79 Å². The van der Waals surface area contributed by atoms with Crippen LogP contribution >= 0.6 is 0 Å². The Kier molecular flexibility index (Phi) is 7.95. The average Bonchev–Trinajstić information content (AvgIpc) is 3.38. The predicted molar refractivity (Wildman–Crippen MR) is 127 cm³/mol. The van der Waals surface area contributed by atoms with Crippen LogP contribution in [0.15, 0.2) is 35.9 Å². The van der Waals surface area contributed by atoms with Gasteiger partial charge in [-0.05, 0) is 67.8 Å². The maximum absolute atomic E-state index is 13.1. The zero-order valence-electron chi connectivity index (χ0n) is 19.6. The van der Waals surface area contributed by atoms with Crippen LogP contribution in [0, 0.1) is 0 Å². The van der Waals surface area contributed by atoms with Crippen molar-refractivity contribution in [2.45, 2.75) is 25.8 Å². The molecule has 0 aromatic heterocycles. The molecule has 2 N–H and O–H groups in total. The molecule has 1 aliphatic rings. The van der Waals surface area contributed by atoms with Crippen LogP contribution in [0.25, 0.3) is 6.08 Å². The molecule has 1 atom stereocenters. The maximum Gasteiger partial charge on any atom is 0.241 e. The van der Waals surface area contributed by atoms with Gasteiger partial charge >= 0.3 is 0 Å². The monoisotopic (exact) mass is 454 g/mol. The lowest BCUT2D eigenvalue weighted by atomic mass is 10.0. The van der Waals surface area contributed by atoms with E-state index in [1.165, 1.54) is 21.3 Å². The van der Waals surface area contributed by atoms with Crippen LogP contribution in [0.1, 0.15) is 35.7 Å². The zero-order valence-corrected chi connectivity index (χ0v) is 19.6. The summed E-state index contributed by atoms with van der Waals surface area (Å²) in [5, 5.41) is 6.12. The number of amides is 1. The Balaban J connectivity index is 1.88. The largest absolute Gasteiger partial charge is 0.495 e. The molecule has 2 aromatic rings. The molecular weight excluding hydrogens is 424 g/mol. The molecule has 176 valence electrons. The van der Waals surface area contributed by atoms with Gasteiger partial charge in [0.25, 0.3) is 0 Å². The van der Waals surface area contributed by atoms with E-state index < -0.39 is 0 Å². The fourth-order valence-electron chi connectivity index (χ4n) is 3.80. The van der Waals surface area contributed by atoms with E-state index in [4.69, 9.17) is 18.9 Å². The van der Waals surface area contributed by atoms with Gasteiger partial charge in [0.05, 0.1) is 40.2 Å². The van der Waals surface area contributed by atoms with Crippen LogP contribution in [0.5, 0.6) is 23.0 Å². The number of anilines is 1. The molecule has 1 unspecified atom stereocenters. The van der Waals surface area contributed by atoms with Crippen molar-refractivity contribution in [1.82, 2.24) is 5.32 Å². The van der Waals surface area contributed by atoms with E-state index in [1.807, 2.05) is 6.07 Å². The number of ether oxygens (including phenoxy) is 4. The molecule has 1 saturated heterocycles. The lowest BCUT2D eigenvalue weighted by molar-refractivity contribution is -0.117. The highest BCUT2D eigenvalue weighted by Gasteiger charge is 2.23. The lowest BCUT2D eigenvalue weighted by Gasteiger charge is -2.15. The summed E-state index contributed by atoms with van der Waals surface area (Å²) in [6.45, 7) is 2.57. The van der Waals surface area contributed by atoms with Crippen molar-refractivity contribution in [2.75, 3.05) is 40.3 Å². The summed E-state index contributed by atoms with van der Waals surface area (Å²) >= 11 is 0. The molecule has 1 heterocycles. The van der Waals surface area contributed by atoms with Crippen molar-refractivity contribution in [3.8, 4) is 23.0 Å². The summed E-state index contributed by atoms with van der Waals surface area (Å²) in [6.07, 6.45) is 3.53. The van der Waals surface area contributed by atoms with Crippen LogP contribution in [0.2, 0.25) is 0 Å². The van der Waals surface area contributed by atoms with E-state index in [9.17, 15) is 9.59 Å². The van der Waals surface area contributed by atoms with Gasteiger partial charge in [-0.1, -0.05) is 6.07 Å². The SMILES string of the molecule is COc1ccc(C=C(C)C(=O)c2cc(OC)c(OC)c(OC)c2)cc1NC(=O)C1CCCN1. The van der Waals surface area contributed by atoms with Crippen LogP contribution in [-0.4, -0.2) is 52.7 Å². The van der Waals surface area contributed by atoms with Crippen LogP contribution in [0.3, 0.4) is 0 Å². The van der Waals surface area contributed by atoms with Gasteiger partial charge in [0, 0.05) is 5.56 Å². The van der Waals surface area contributed by atoms with Gasteiger partial charge in [-0.25, -0.2) is 0 Å². The Morgan fingerprint density at radius 2 is 1.64 bits per heavy atom. The first-order valence-electron chi connectivity index (χ1n) is 10.7. The van der Waals surface area contributed by atoms with Gasteiger partial charge in [0.15, 0.2) is 17.3 Å². The number of ketones is 1. The molecule has 0 bridgehead atoms. The molecule has 3 rings (SSSR count). The molecular formula is C25H30N2O6. The number of allylic oxidation sites excluding steroid dienone is 1. The molecule has 2 aromatic carbocycles. The van der Waals surface area contributed by atoms with E-state index in [0.29, 0.717) is 39.8 Å². The highest BCUT2D eigenvalue weighted by molar-refractivity contribution is 6.11. The number of nitrogens with one attached hydrogen (secondary N) is 2. The molecule has 0 radical (unpaired) electrons. The van der Waals surface area contributed by atoms with Crippen molar-refractivity contribution in [3.63, 3.8) is 0 Å². The summed E-state index contributed by atoms with van der Waals surface area (Å²) < 4.78 is 21.4. The standard InChI is InChI=1S/C25H30N2O6/c1-15(23(28)17-13-21(31-3)24(33-5)22(14-17)32-4)11-16-8-9-20(30-2)19(12-16)27-25(29)18-7-6-10-26-18/h8-9,11-14,18,26H,6-7,10H2,1-5H3,(H,27,29). The average molecular weight is 455 g/mol. The third-order valence-corrected chi connectivity index (χ3v) is 5.53. The second-order valence-corrected chi connectivity index (χ2v) is 7.67. The third kappa shape index (κ3) is 5.46. The van der Waals surface area contributed by atoms with E-state index >= 15 is 0 Å². The lowest BCUT2D eigenvalue weighted by Crippen LogP contribution is -2.35. The molecule has 8 nitrogen and oxygen atoms in total. The van der Waals surface area contributed by atoms with Gasteiger partial charge in [0.2, 0.25) is 11.7 Å². The summed E-state index contributed by atoms with van der Waals surface area (Å²) in [4.78, 5) is 25.7. The molecule has 8 heteroatoms. The first-order valence-corrected chi connectivity index (χ1v) is 10.7. The minimum absolute atomic E-state index is 0.0999. The Morgan fingerprint density at radius 3 is 2.18 bits per heavy atom. The molecule has 1 aliphatic heterocycles. The molecule has 0 spiro atoms. The van der Waals surface area contributed by atoms with E-state index in [1.54, 1.807) is 44.4 Å². The first-order chi connectivity index (χ1) is 15.9. The second-order valence-electron chi connectivity index (χ2n) is 7.67. The number of rotatable bonds is 9. The maximum atomic E-state index is 13.1. The number of carbonyl (C=O) groups is 2. The highest BCUT2D eigenvalue weighted by Crippen LogP contribution is 2.38.